The van der Waals surface area contributed by atoms with E-state index >= 15 is 0 Å². The van der Waals surface area contributed by atoms with Crippen LogP contribution in [0.3, 0.4) is 0 Å². The summed E-state index contributed by atoms with van der Waals surface area (Å²) in [5.41, 5.74) is 6.07. The molecule has 1 aliphatic carbocycles. The smallest absolute Gasteiger partial charge is 0.164 e. The van der Waals surface area contributed by atoms with Crippen molar-refractivity contribution in [2.24, 2.45) is 10.8 Å². The molecule has 0 saturated carbocycles. The molecule has 1 aromatic heterocycles. The number of aliphatic hydroxyl groups excluding tert-OH is 1. The van der Waals surface area contributed by atoms with Crippen LogP contribution in [0, 0.1) is 23.8 Å². The molecule has 6 rings (SSSR count). The third-order valence-corrected chi connectivity index (χ3v) is 11.0. The second kappa shape index (κ2) is 14.4. The summed E-state index contributed by atoms with van der Waals surface area (Å²) in [5, 5.41) is 15.0. The van der Waals surface area contributed by atoms with Gasteiger partial charge in [-0.3, -0.25) is 9.78 Å². The summed E-state index contributed by atoms with van der Waals surface area (Å²) in [6, 6.07) is 29.3. The van der Waals surface area contributed by atoms with Crippen molar-refractivity contribution < 1.29 is 30.0 Å². The molecule has 4 aromatic carbocycles. The van der Waals surface area contributed by atoms with Crippen molar-refractivity contribution in [3.63, 3.8) is 0 Å². The molecule has 253 valence electrons. The van der Waals surface area contributed by atoms with Crippen molar-refractivity contribution >= 4 is 27.3 Å². The molecule has 0 fully saturated rings. The van der Waals surface area contributed by atoms with E-state index in [2.05, 4.69) is 92.7 Å². The van der Waals surface area contributed by atoms with Gasteiger partial charge in [-0.15, -0.1) is 29.1 Å². The zero-order valence-electron chi connectivity index (χ0n) is 29.9. The Balaban J connectivity index is 0.000000251. The van der Waals surface area contributed by atoms with Crippen LogP contribution < -0.4 is 0 Å². The first-order valence-corrected chi connectivity index (χ1v) is 17.1. The summed E-state index contributed by atoms with van der Waals surface area (Å²) in [5.74, 6) is 1.09. The van der Waals surface area contributed by atoms with Gasteiger partial charge in [0, 0.05) is 42.4 Å². The van der Waals surface area contributed by atoms with Crippen LogP contribution in [0.2, 0.25) is 0 Å². The third-order valence-electron chi connectivity index (χ3n) is 11.0. The summed E-state index contributed by atoms with van der Waals surface area (Å²) < 4.78 is 0. The van der Waals surface area contributed by atoms with E-state index in [9.17, 15) is 9.90 Å². The molecular weight excluding hydrogens is 769 g/mol. The number of carbonyl (C=O) groups excluding carboxylic acids is 1. The van der Waals surface area contributed by atoms with Crippen molar-refractivity contribution in [1.29, 1.82) is 0 Å². The van der Waals surface area contributed by atoms with Crippen molar-refractivity contribution in [3.8, 4) is 22.4 Å². The Hall–Kier alpha value is -3.66. The van der Waals surface area contributed by atoms with E-state index in [1.807, 2.05) is 48.5 Å². The van der Waals surface area contributed by atoms with Crippen LogP contribution in [0.5, 0.6) is 0 Å². The minimum absolute atomic E-state index is 0. The van der Waals surface area contributed by atoms with Gasteiger partial charge in [-0.05, 0) is 65.8 Å². The molecule has 0 atom stereocenters. The molecule has 0 spiro atoms. The Morgan fingerprint density at radius 2 is 1.40 bits per heavy atom. The molecule has 1 radical (unpaired) electrons. The SMILES string of the molecule is CCC(C)(CC)C(=O)/C=C(\O)C(C)(CC)CC.Cc1nc(-c2[c-]cc3ccccc3c2)c2c(n1)C(C)(C)c1ccc3ccccc3c1-2.[Ir]. The van der Waals surface area contributed by atoms with Gasteiger partial charge in [0.25, 0.3) is 0 Å². The monoisotopic (exact) mass is 818 g/mol. The van der Waals surface area contributed by atoms with E-state index in [0.29, 0.717) is 0 Å². The van der Waals surface area contributed by atoms with E-state index in [4.69, 9.17) is 9.97 Å². The van der Waals surface area contributed by atoms with E-state index < -0.39 is 0 Å². The van der Waals surface area contributed by atoms with Crippen LogP contribution in [-0.4, -0.2) is 20.9 Å². The molecule has 48 heavy (non-hydrogen) atoms. The number of hydrogen-bond acceptors (Lipinski definition) is 4. The first kappa shape index (κ1) is 37.2. The minimum atomic E-state index is -0.337. The van der Waals surface area contributed by atoms with Crippen molar-refractivity contribution in [3.05, 3.63) is 108 Å². The number of aryl methyl sites for hydroxylation is 1. The Bertz CT molecular complexity index is 1980. The number of ketones is 1. The zero-order valence-corrected chi connectivity index (χ0v) is 32.3. The molecule has 0 unspecified atom stereocenters. The predicted molar refractivity (Wildman–Crippen MR) is 197 cm³/mol. The van der Waals surface area contributed by atoms with Gasteiger partial charge in [-0.2, -0.15) is 0 Å². The van der Waals surface area contributed by atoms with Gasteiger partial charge in [0.05, 0.1) is 5.69 Å². The fourth-order valence-electron chi connectivity index (χ4n) is 6.59. The summed E-state index contributed by atoms with van der Waals surface area (Å²) in [7, 11) is 0. The second-order valence-electron chi connectivity index (χ2n) is 14.1. The predicted octanol–water partition coefficient (Wildman–Crippen LogP) is 11.5. The number of nitrogens with zero attached hydrogens (tertiary/aromatic N) is 2. The van der Waals surface area contributed by atoms with Gasteiger partial charge < -0.3 is 5.11 Å². The van der Waals surface area contributed by atoms with Crippen molar-refractivity contribution in [2.45, 2.75) is 93.4 Å². The first-order valence-electron chi connectivity index (χ1n) is 17.1. The zero-order chi connectivity index (χ0) is 34.1. The van der Waals surface area contributed by atoms with Crippen LogP contribution in [0.1, 0.15) is 98.2 Å². The molecule has 0 bridgehead atoms. The van der Waals surface area contributed by atoms with Crippen LogP contribution >= 0.6 is 0 Å². The van der Waals surface area contributed by atoms with Gasteiger partial charge in [-0.25, -0.2) is 4.98 Å². The minimum Gasteiger partial charge on any atom is -0.512 e. The summed E-state index contributed by atoms with van der Waals surface area (Å²) in [4.78, 5) is 22.1. The Labute approximate surface area is 300 Å². The number of aliphatic hydroxyl groups is 1. The molecule has 1 heterocycles. The molecule has 5 heteroatoms. The number of benzene rings is 4. The van der Waals surface area contributed by atoms with E-state index in [0.717, 1.165) is 54.0 Å². The van der Waals surface area contributed by atoms with Gasteiger partial charge in [0.15, 0.2) is 5.78 Å². The van der Waals surface area contributed by atoms with E-state index in [1.54, 1.807) is 0 Å². The Kier molecular flexibility index (Phi) is 11.2. The van der Waals surface area contributed by atoms with Gasteiger partial charge >= 0.3 is 0 Å². The fourth-order valence-corrected chi connectivity index (χ4v) is 6.59. The molecule has 0 amide bonds. The van der Waals surface area contributed by atoms with Crippen LogP contribution in [0.15, 0.2) is 84.6 Å². The molecule has 0 saturated heterocycles. The van der Waals surface area contributed by atoms with Crippen molar-refractivity contribution in [2.75, 3.05) is 0 Å². The molecule has 4 nitrogen and oxygen atoms in total. The average Bonchev–Trinajstić information content (AvgIpc) is 3.33. The van der Waals surface area contributed by atoms with Crippen molar-refractivity contribution in [1.82, 2.24) is 9.97 Å². The molecule has 1 N–H and O–H groups in total. The Morgan fingerprint density at radius 1 is 0.812 bits per heavy atom. The number of hydrogen-bond donors (Lipinski definition) is 1. The van der Waals surface area contributed by atoms with Crippen LogP contribution in [0.4, 0.5) is 0 Å². The number of carbonyl (C=O) groups is 1. The number of aromatic nitrogens is 2. The number of allylic oxidation sites excluding steroid dienone is 2. The maximum absolute atomic E-state index is 12.2. The normalized spacial score (nSPS) is 13.7. The molecule has 5 aromatic rings. The topological polar surface area (TPSA) is 63.1 Å². The maximum atomic E-state index is 12.2. The molecule has 1 aliphatic rings. The quantitative estimate of drug-likeness (QED) is 0.0962. The van der Waals surface area contributed by atoms with Gasteiger partial charge in [0.1, 0.15) is 11.6 Å². The van der Waals surface area contributed by atoms with Crippen LogP contribution in [-0.2, 0) is 30.3 Å². The van der Waals surface area contributed by atoms with Crippen LogP contribution in [0.25, 0.3) is 43.9 Å². The molecule has 0 aliphatic heterocycles. The Morgan fingerprint density at radius 3 is 2.02 bits per heavy atom. The number of fused-ring (bicyclic) bond motifs is 6. The number of rotatable bonds is 8. The summed E-state index contributed by atoms with van der Waals surface area (Å²) in [6.07, 6.45) is 4.75. The molecular formula is C43H49IrN2O2-. The fraction of sp³-hybridized carbons (Fsp3) is 0.372. The maximum Gasteiger partial charge on any atom is 0.164 e. The second-order valence-corrected chi connectivity index (χ2v) is 14.1. The third kappa shape index (κ3) is 6.65. The largest absolute Gasteiger partial charge is 0.512 e. The first-order chi connectivity index (χ1) is 22.3. The van der Waals surface area contributed by atoms with Gasteiger partial charge in [-0.1, -0.05) is 121 Å². The van der Waals surface area contributed by atoms with Gasteiger partial charge in [0.2, 0.25) is 0 Å². The summed E-state index contributed by atoms with van der Waals surface area (Å²) >= 11 is 0. The van der Waals surface area contributed by atoms with E-state index in [1.165, 1.54) is 38.7 Å². The van der Waals surface area contributed by atoms with E-state index in [-0.39, 0.29) is 47.9 Å². The standard InChI is InChI=1S/C28H21N2.C15H28O2.Ir/c1-17-29-26(21-13-12-18-8-4-5-10-20(18)16-21)25-24-22-11-7-6-9-19(22)14-15-23(24)28(2,3)27(25)30-17;1-7-14(5,8-2)12(16)11-13(17)15(6,9-3)10-4;/h4-12,14-16H,1-3H3;11,16H,7-10H2,1-6H3;/q-1;;/b;12-11-;. The average molecular weight is 818 g/mol. The summed E-state index contributed by atoms with van der Waals surface area (Å²) in [6.45, 7) is 18.6.